The van der Waals surface area contributed by atoms with Crippen molar-refractivity contribution in [3.63, 3.8) is 0 Å². The highest BCUT2D eigenvalue weighted by molar-refractivity contribution is 6.95. The summed E-state index contributed by atoms with van der Waals surface area (Å²) in [5, 5.41) is -0.570. The van der Waals surface area contributed by atoms with Gasteiger partial charge in [-0.3, -0.25) is 14.5 Å². The summed E-state index contributed by atoms with van der Waals surface area (Å²) < 4.78 is 0. The Balaban J connectivity index is 4.74. The molecule has 0 N–H and O–H groups in total. The molecule has 2 amide bonds. The van der Waals surface area contributed by atoms with E-state index in [0.29, 0.717) is 0 Å². The van der Waals surface area contributed by atoms with Gasteiger partial charge in [-0.1, -0.05) is 0 Å². The van der Waals surface area contributed by atoms with Gasteiger partial charge in [-0.2, -0.15) is 11.1 Å². The summed E-state index contributed by atoms with van der Waals surface area (Å²) in [5.41, 5.74) is 0. The van der Waals surface area contributed by atoms with Crippen molar-refractivity contribution in [3.05, 3.63) is 0 Å². The normalized spacial score (nSPS) is 11.1. The largest absolute Gasteiger partial charge is 0.280 e. The fourth-order valence-corrected chi connectivity index (χ4v) is 1.70. The van der Waals surface area contributed by atoms with Crippen molar-refractivity contribution in [3.8, 4) is 0 Å². The summed E-state index contributed by atoms with van der Waals surface area (Å²) in [6.07, 6.45) is 0. The van der Waals surface area contributed by atoms with Gasteiger partial charge in [0.2, 0.25) is 20.6 Å². The molecule has 3 nitrogen and oxygen atoms in total. The number of carbonyl (C=O) groups is 2. The van der Waals surface area contributed by atoms with Crippen molar-refractivity contribution in [1.29, 1.82) is 0 Å². The van der Waals surface area contributed by atoms with E-state index in [-0.39, 0.29) is 20.6 Å². The second-order valence-electron chi connectivity index (χ2n) is 3.03. The molecule has 0 aliphatic heterocycles. The number of nitrogens with zero attached hydrogens (tertiary/aromatic N) is 1. The molecule has 0 spiro atoms. The van der Waals surface area contributed by atoms with Gasteiger partial charge in [0.05, 0.1) is 5.16 Å². The van der Waals surface area contributed by atoms with Crippen molar-refractivity contribution in [1.82, 2.24) is 4.90 Å². The molecule has 68 valence electrons. The Hall–Kier alpha value is -0.353. The van der Waals surface area contributed by atoms with Crippen molar-refractivity contribution < 1.29 is 9.59 Å². The lowest BCUT2D eigenvalue weighted by molar-refractivity contribution is -0.145. The van der Waals surface area contributed by atoms with Crippen molar-refractivity contribution in [2.45, 2.75) is 32.9 Å². The average molecular weight is 206 g/mol. The Morgan fingerprint density at radius 1 is 1.25 bits per heavy atom. The summed E-state index contributed by atoms with van der Waals surface area (Å²) >= 11 is 5.66. The Kier molecular flexibility index (Phi) is 3.93. The number of carbonyl (C=O) groups excluding carboxylic acids is 2. The lowest BCUT2D eigenvalue weighted by atomic mass is 10.3. The van der Waals surface area contributed by atoms with Crippen molar-refractivity contribution in [2.75, 3.05) is 0 Å². The van der Waals surface area contributed by atoms with Crippen LogP contribution in [0.1, 0.15) is 27.7 Å². The number of halogens is 1. The minimum atomic E-state index is -0.570. The SMILES string of the molecule is CC(=O)N(C(C)=O)C(C)(C)[Si]Cl. The summed E-state index contributed by atoms with van der Waals surface area (Å²) in [6.45, 7) is 6.25. The van der Waals surface area contributed by atoms with E-state index in [2.05, 4.69) is 0 Å². The second-order valence-corrected chi connectivity index (χ2v) is 5.01. The lowest BCUT2D eigenvalue weighted by Gasteiger charge is -2.32. The van der Waals surface area contributed by atoms with E-state index in [1.54, 1.807) is 13.8 Å². The van der Waals surface area contributed by atoms with Crippen LogP contribution >= 0.6 is 11.1 Å². The molecule has 0 aromatic rings. The van der Waals surface area contributed by atoms with Crippen LogP contribution in [0.25, 0.3) is 0 Å². The van der Waals surface area contributed by atoms with Gasteiger partial charge in [-0.05, 0) is 13.8 Å². The molecule has 0 saturated carbocycles. The molecule has 0 unspecified atom stereocenters. The predicted molar refractivity (Wildman–Crippen MR) is 48.9 cm³/mol. The fraction of sp³-hybridized carbons (Fsp3) is 0.714. The quantitative estimate of drug-likeness (QED) is 0.498. The van der Waals surface area contributed by atoms with E-state index < -0.39 is 5.16 Å². The predicted octanol–water partition coefficient (Wildman–Crippen LogP) is 0.976. The number of amides is 2. The Labute approximate surface area is 79.6 Å². The molecule has 0 aromatic carbocycles. The molecular formula is C7H12ClNO2Si. The number of hydrogen-bond acceptors (Lipinski definition) is 2. The molecule has 0 bridgehead atoms. The molecule has 0 fully saturated rings. The molecule has 0 aliphatic carbocycles. The van der Waals surface area contributed by atoms with Crippen LogP contribution in [0.4, 0.5) is 0 Å². The van der Waals surface area contributed by atoms with Gasteiger partial charge in [0.25, 0.3) is 0 Å². The zero-order chi connectivity index (χ0) is 9.94. The van der Waals surface area contributed by atoms with Gasteiger partial charge in [-0.15, -0.1) is 0 Å². The molecular weight excluding hydrogens is 194 g/mol. The Bertz CT molecular complexity index is 192. The molecule has 0 aromatic heterocycles. The van der Waals surface area contributed by atoms with Crippen LogP contribution in [0.2, 0.25) is 0 Å². The van der Waals surface area contributed by atoms with E-state index in [9.17, 15) is 9.59 Å². The standard InChI is InChI=1S/C7H12ClNO2Si/c1-5(10)9(6(2)11)7(3,4)12-8/h1-4H3. The number of hydrogen-bond donors (Lipinski definition) is 0. The van der Waals surface area contributed by atoms with Crippen molar-refractivity contribution in [2.24, 2.45) is 0 Å². The summed E-state index contributed by atoms with van der Waals surface area (Å²) in [6, 6.07) is 0. The van der Waals surface area contributed by atoms with E-state index in [4.69, 9.17) is 11.1 Å². The summed E-state index contributed by atoms with van der Waals surface area (Å²) in [7, 11) is 0.00685. The topological polar surface area (TPSA) is 37.4 Å². The third-order valence-corrected chi connectivity index (χ3v) is 3.49. The summed E-state index contributed by atoms with van der Waals surface area (Å²) in [5.74, 6) is -0.527. The molecule has 0 aliphatic rings. The monoisotopic (exact) mass is 205 g/mol. The highest BCUT2D eigenvalue weighted by Gasteiger charge is 2.32. The smallest absolute Gasteiger partial charge is 0.226 e. The minimum Gasteiger partial charge on any atom is -0.280 e. The zero-order valence-corrected chi connectivity index (χ0v) is 9.40. The molecule has 2 radical (unpaired) electrons. The Morgan fingerprint density at radius 3 is 1.67 bits per heavy atom. The van der Waals surface area contributed by atoms with Crippen LogP contribution < -0.4 is 0 Å². The van der Waals surface area contributed by atoms with Gasteiger partial charge < -0.3 is 0 Å². The van der Waals surface area contributed by atoms with Crippen molar-refractivity contribution >= 4 is 31.7 Å². The van der Waals surface area contributed by atoms with Gasteiger partial charge in [0.1, 0.15) is 0 Å². The molecule has 0 saturated heterocycles. The maximum atomic E-state index is 11.0. The molecule has 0 atom stereocenters. The third-order valence-electron chi connectivity index (χ3n) is 1.42. The summed E-state index contributed by atoms with van der Waals surface area (Å²) in [4.78, 5) is 23.3. The van der Waals surface area contributed by atoms with Crippen LogP contribution in [0.3, 0.4) is 0 Å². The highest BCUT2D eigenvalue weighted by atomic mass is 35.6. The van der Waals surface area contributed by atoms with Crippen LogP contribution in [0.5, 0.6) is 0 Å². The van der Waals surface area contributed by atoms with E-state index in [0.717, 1.165) is 0 Å². The van der Waals surface area contributed by atoms with Crippen LogP contribution in [-0.2, 0) is 9.59 Å². The number of imide groups is 1. The molecule has 12 heavy (non-hydrogen) atoms. The highest BCUT2D eigenvalue weighted by Crippen LogP contribution is 2.14. The second kappa shape index (κ2) is 4.05. The van der Waals surface area contributed by atoms with Crippen LogP contribution in [0.15, 0.2) is 0 Å². The molecule has 5 heteroatoms. The fourth-order valence-electron chi connectivity index (χ4n) is 1.05. The first-order valence-corrected chi connectivity index (χ1v) is 5.53. The van der Waals surface area contributed by atoms with Crippen LogP contribution in [-0.4, -0.2) is 30.7 Å². The maximum Gasteiger partial charge on any atom is 0.226 e. The number of rotatable bonds is 2. The Morgan fingerprint density at radius 2 is 1.58 bits per heavy atom. The first kappa shape index (κ1) is 11.6. The molecule has 0 heterocycles. The average Bonchev–Trinajstić information content (AvgIpc) is 1.84. The first-order valence-electron chi connectivity index (χ1n) is 3.52. The van der Waals surface area contributed by atoms with E-state index in [1.165, 1.54) is 18.7 Å². The van der Waals surface area contributed by atoms with Gasteiger partial charge in [-0.25, -0.2) is 0 Å². The molecule has 0 rings (SSSR count). The van der Waals surface area contributed by atoms with E-state index in [1.807, 2.05) is 0 Å². The zero-order valence-electron chi connectivity index (χ0n) is 7.64. The third kappa shape index (κ3) is 2.60. The maximum absolute atomic E-state index is 11.0. The van der Waals surface area contributed by atoms with Gasteiger partial charge in [0.15, 0.2) is 0 Å². The van der Waals surface area contributed by atoms with Gasteiger partial charge >= 0.3 is 0 Å². The van der Waals surface area contributed by atoms with Gasteiger partial charge in [0, 0.05) is 13.8 Å². The van der Waals surface area contributed by atoms with Crippen LogP contribution in [0, 0.1) is 0 Å². The first-order chi connectivity index (χ1) is 5.33. The van der Waals surface area contributed by atoms with E-state index >= 15 is 0 Å². The minimum absolute atomic E-state index is 0.00685. The lowest BCUT2D eigenvalue weighted by Crippen LogP contribution is -2.52.